The third kappa shape index (κ3) is 3.61. The van der Waals surface area contributed by atoms with E-state index in [0.29, 0.717) is 16.9 Å². The molecule has 2 aromatic heterocycles. The summed E-state index contributed by atoms with van der Waals surface area (Å²) in [6, 6.07) is 5.68. The highest BCUT2D eigenvalue weighted by Crippen LogP contribution is 2.35. The minimum Gasteiger partial charge on any atom is -0.353 e. The van der Waals surface area contributed by atoms with Gasteiger partial charge >= 0.3 is 0 Å². The van der Waals surface area contributed by atoms with Gasteiger partial charge in [0, 0.05) is 29.9 Å². The van der Waals surface area contributed by atoms with Gasteiger partial charge in [0.2, 0.25) is 0 Å². The Morgan fingerprint density at radius 2 is 1.75 bits per heavy atom. The topological polar surface area (TPSA) is 65.4 Å². The van der Waals surface area contributed by atoms with E-state index >= 15 is 0 Å². The highest BCUT2D eigenvalue weighted by molar-refractivity contribution is 6.08. The molecule has 0 atom stereocenters. The van der Waals surface area contributed by atoms with Crippen LogP contribution in [-0.2, 0) is 5.41 Å². The maximum absolute atomic E-state index is 13.1. The molecule has 0 aliphatic rings. The predicted molar refractivity (Wildman–Crippen MR) is 111 cm³/mol. The maximum atomic E-state index is 13.1. The normalized spacial score (nSPS) is 12.4. The number of H-pyrrole nitrogens is 1. The number of aromatic amines is 1. The van der Waals surface area contributed by atoms with Crippen molar-refractivity contribution in [3.63, 3.8) is 0 Å². The second-order valence-electron chi connectivity index (χ2n) is 9.07. The number of halogens is 1. The van der Waals surface area contributed by atoms with Gasteiger partial charge in [-0.05, 0) is 45.0 Å². The minimum absolute atomic E-state index is 0.127. The number of aromatic nitrogens is 3. The molecule has 0 saturated heterocycles. The van der Waals surface area contributed by atoms with E-state index in [9.17, 15) is 9.18 Å². The average Bonchev–Trinajstić information content (AvgIpc) is 3.13. The van der Waals surface area contributed by atoms with E-state index in [2.05, 4.69) is 56.9 Å². The van der Waals surface area contributed by atoms with E-state index in [0.717, 1.165) is 11.5 Å². The molecular weight excluding hydrogens is 357 g/mol. The number of carbonyl (C=O) groups excluding carboxylic acids is 1. The van der Waals surface area contributed by atoms with Crippen LogP contribution in [0.1, 0.15) is 57.6 Å². The molecule has 0 aliphatic carbocycles. The van der Waals surface area contributed by atoms with Crippen molar-refractivity contribution in [2.45, 2.75) is 52.5 Å². The number of imidazole rings is 1. The zero-order chi connectivity index (χ0) is 20.9. The Bertz CT molecular complexity index is 1000. The van der Waals surface area contributed by atoms with Gasteiger partial charge in [0.05, 0.1) is 5.69 Å². The van der Waals surface area contributed by atoms with Gasteiger partial charge in [-0.3, -0.25) is 9.89 Å². The van der Waals surface area contributed by atoms with Gasteiger partial charge in [0.15, 0.2) is 11.5 Å². The Labute approximate surface area is 164 Å². The van der Waals surface area contributed by atoms with Crippen molar-refractivity contribution >= 4 is 23.1 Å². The molecule has 0 radical (unpaired) electrons. The first-order valence-corrected chi connectivity index (χ1v) is 9.30. The van der Waals surface area contributed by atoms with Crippen LogP contribution in [0.5, 0.6) is 0 Å². The number of hydrogen-bond acceptors (Lipinski definition) is 3. The van der Waals surface area contributed by atoms with E-state index in [1.807, 2.05) is 11.6 Å². The summed E-state index contributed by atoms with van der Waals surface area (Å²) in [4.78, 5) is 19.8. The van der Waals surface area contributed by atoms with E-state index in [1.165, 1.54) is 24.3 Å². The van der Waals surface area contributed by atoms with Gasteiger partial charge in [0.1, 0.15) is 11.4 Å². The second-order valence-corrected chi connectivity index (χ2v) is 9.07. The fourth-order valence-electron chi connectivity index (χ4n) is 2.94. The lowest BCUT2D eigenvalue weighted by molar-refractivity contribution is 0.102. The Hall–Kier alpha value is -2.83. The lowest BCUT2D eigenvalue weighted by Gasteiger charge is -2.35. The zero-order valence-corrected chi connectivity index (χ0v) is 17.5. The van der Waals surface area contributed by atoms with Gasteiger partial charge in [-0.25, -0.2) is 13.9 Å². The standard InChI is InChI=1S/C21H28FN5O/c1-20(2,3)16-19(26(7)21(4,5)6)27-17(25-16)15(12-23-27)18(28)24-14-10-8-13(22)9-11-14/h8-12,23H,1-7H3,(H,24,28). The molecule has 1 aromatic carbocycles. The van der Waals surface area contributed by atoms with Crippen LogP contribution >= 0.6 is 0 Å². The smallest absolute Gasteiger partial charge is 0.261 e. The van der Waals surface area contributed by atoms with Crippen LogP contribution in [0, 0.1) is 5.82 Å². The van der Waals surface area contributed by atoms with Gasteiger partial charge in [0.25, 0.3) is 5.91 Å². The molecule has 2 heterocycles. The number of hydrogen-bond donors (Lipinski definition) is 2. The van der Waals surface area contributed by atoms with Crippen LogP contribution in [0.4, 0.5) is 15.9 Å². The van der Waals surface area contributed by atoms with Crippen LogP contribution in [-0.4, -0.2) is 33.1 Å². The van der Waals surface area contributed by atoms with E-state index < -0.39 is 0 Å². The summed E-state index contributed by atoms with van der Waals surface area (Å²) in [6.07, 6.45) is 1.65. The summed E-state index contributed by atoms with van der Waals surface area (Å²) < 4.78 is 15.0. The first-order chi connectivity index (χ1) is 12.9. The molecule has 6 nitrogen and oxygen atoms in total. The van der Waals surface area contributed by atoms with E-state index in [1.54, 1.807) is 6.20 Å². The average molecular weight is 385 g/mol. The predicted octanol–water partition coefficient (Wildman–Crippen LogP) is 4.59. The van der Waals surface area contributed by atoms with Crippen molar-refractivity contribution in [1.29, 1.82) is 0 Å². The molecule has 0 aliphatic heterocycles. The number of rotatable bonds is 3. The van der Waals surface area contributed by atoms with Crippen molar-refractivity contribution in [3.05, 3.63) is 47.5 Å². The van der Waals surface area contributed by atoms with Gasteiger partial charge in [-0.2, -0.15) is 0 Å². The van der Waals surface area contributed by atoms with Gasteiger partial charge in [-0.1, -0.05) is 20.8 Å². The number of carbonyl (C=O) groups is 1. The summed E-state index contributed by atoms with van der Waals surface area (Å²) >= 11 is 0. The number of nitrogens with one attached hydrogen (secondary N) is 2. The zero-order valence-electron chi connectivity index (χ0n) is 17.5. The lowest BCUT2D eigenvalue weighted by atomic mass is 9.91. The molecule has 1 amide bonds. The minimum atomic E-state index is -0.347. The fraction of sp³-hybridized carbons (Fsp3) is 0.429. The Morgan fingerprint density at radius 1 is 1.14 bits per heavy atom. The Morgan fingerprint density at radius 3 is 2.29 bits per heavy atom. The molecule has 3 rings (SSSR count). The van der Waals surface area contributed by atoms with Crippen molar-refractivity contribution in [1.82, 2.24) is 14.6 Å². The third-order valence-corrected chi connectivity index (χ3v) is 4.81. The summed E-state index contributed by atoms with van der Waals surface area (Å²) in [5.41, 5.74) is 2.11. The van der Waals surface area contributed by atoms with Gasteiger partial charge < -0.3 is 10.2 Å². The monoisotopic (exact) mass is 385 g/mol. The van der Waals surface area contributed by atoms with E-state index in [4.69, 9.17) is 4.98 Å². The number of benzene rings is 1. The van der Waals surface area contributed by atoms with Crippen LogP contribution in [0.2, 0.25) is 0 Å². The molecule has 150 valence electrons. The number of nitrogens with zero attached hydrogens (tertiary/aromatic N) is 3. The highest BCUT2D eigenvalue weighted by Gasteiger charge is 2.32. The number of amides is 1. The van der Waals surface area contributed by atoms with Gasteiger partial charge in [-0.15, -0.1) is 0 Å². The second kappa shape index (κ2) is 6.65. The molecule has 0 spiro atoms. The molecule has 0 bridgehead atoms. The highest BCUT2D eigenvalue weighted by atomic mass is 19.1. The summed E-state index contributed by atoms with van der Waals surface area (Å²) in [5, 5.41) is 5.97. The third-order valence-electron chi connectivity index (χ3n) is 4.81. The SMILES string of the molecule is CN(c1c(C(C)(C)C)nc2c(C(=O)Nc3ccc(F)cc3)c[nH]n12)C(C)(C)C. The van der Waals surface area contributed by atoms with Crippen molar-refractivity contribution in [3.8, 4) is 0 Å². The Balaban J connectivity index is 2.08. The molecular formula is C21H28FN5O. The number of fused-ring (bicyclic) bond motifs is 1. The molecule has 2 N–H and O–H groups in total. The lowest BCUT2D eigenvalue weighted by Crippen LogP contribution is -2.40. The van der Waals surface area contributed by atoms with Crippen molar-refractivity contribution < 1.29 is 9.18 Å². The first kappa shape index (κ1) is 19.9. The molecule has 3 aromatic rings. The molecule has 0 unspecified atom stereocenters. The molecule has 0 fully saturated rings. The quantitative estimate of drug-likeness (QED) is 0.693. The largest absolute Gasteiger partial charge is 0.353 e. The van der Waals surface area contributed by atoms with Crippen molar-refractivity contribution in [2.75, 3.05) is 17.3 Å². The first-order valence-electron chi connectivity index (χ1n) is 9.30. The van der Waals surface area contributed by atoms with Crippen molar-refractivity contribution in [2.24, 2.45) is 0 Å². The molecule has 28 heavy (non-hydrogen) atoms. The summed E-state index contributed by atoms with van der Waals surface area (Å²) in [7, 11) is 2.03. The maximum Gasteiger partial charge on any atom is 0.261 e. The van der Waals surface area contributed by atoms with Crippen LogP contribution in [0.15, 0.2) is 30.5 Å². The van der Waals surface area contributed by atoms with Crippen LogP contribution in [0.3, 0.4) is 0 Å². The van der Waals surface area contributed by atoms with Crippen LogP contribution in [0.25, 0.3) is 5.65 Å². The fourth-order valence-corrected chi connectivity index (χ4v) is 2.94. The van der Waals surface area contributed by atoms with E-state index in [-0.39, 0.29) is 22.7 Å². The Kier molecular flexibility index (Phi) is 4.73. The molecule has 7 heteroatoms. The number of anilines is 2. The molecule has 0 saturated carbocycles. The van der Waals surface area contributed by atoms with Crippen LogP contribution < -0.4 is 10.2 Å². The summed E-state index contributed by atoms with van der Waals surface area (Å²) in [5.74, 6) is 0.282. The summed E-state index contributed by atoms with van der Waals surface area (Å²) in [6.45, 7) is 12.7.